The number of hydrogen-bond donors (Lipinski definition) is 0. The van der Waals surface area contributed by atoms with Crippen molar-refractivity contribution in [3.05, 3.63) is 0 Å². The third kappa shape index (κ3) is 22.5. The summed E-state index contributed by atoms with van der Waals surface area (Å²) in [4.78, 5) is 17.9. The van der Waals surface area contributed by atoms with Gasteiger partial charge < -0.3 is 0 Å². The van der Waals surface area contributed by atoms with Crippen molar-refractivity contribution in [1.82, 2.24) is 34.3 Å². The summed E-state index contributed by atoms with van der Waals surface area (Å²) in [5, 5.41) is 0. The maximum Gasteiger partial charge on any atom is 0.140 e. The van der Waals surface area contributed by atoms with Gasteiger partial charge in [-0.15, -0.1) is 0 Å². The van der Waals surface area contributed by atoms with E-state index in [4.69, 9.17) is 0 Å². The smallest absolute Gasteiger partial charge is 0.140 e. The van der Waals surface area contributed by atoms with Crippen LogP contribution in [0.5, 0.6) is 0 Å². The van der Waals surface area contributed by atoms with Gasteiger partial charge in [-0.1, -0.05) is 41.5 Å². The molecular formula is C67H155N14+7. The molecule has 0 N–H and O–H groups in total. The maximum absolute atomic E-state index is 2.61. The van der Waals surface area contributed by atoms with Crippen LogP contribution in [0.1, 0.15) is 213 Å². The highest BCUT2D eigenvalue weighted by molar-refractivity contribution is 4.80. The summed E-state index contributed by atoms with van der Waals surface area (Å²) >= 11 is 0. The zero-order valence-corrected chi connectivity index (χ0v) is 61.0. The molecule has 14 nitrogen and oxygen atoms in total. The molecule has 7 saturated heterocycles. The first-order chi connectivity index (χ1) is 37.9. The van der Waals surface area contributed by atoms with E-state index in [1.54, 1.807) is 0 Å². The summed E-state index contributed by atoms with van der Waals surface area (Å²) in [5.41, 5.74) is 0.776. The van der Waals surface area contributed by atoms with Crippen LogP contribution in [0.3, 0.4) is 0 Å². The minimum atomic E-state index is 0.367. The lowest BCUT2D eigenvalue weighted by Crippen LogP contribution is -2.73. The molecule has 0 saturated carbocycles. The van der Waals surface area contributed by atoms with Crippen molar-refractivity contribution in [2.24, 2.45) is 5.92 Å². The second-order valence-corrected chi connectivity index (χ2v) is 29.4. The molecule has 1 unspecified atom stereocenters. The molecule has 0 bridgehead atoms. The van der Waals surface area contributed by atoms with Crippen molar-refractivity contribution in [2.75, 3.05) is 205 Å². The Kier molecular flexibility index (Phi) is 34.3. The summed E-state index contributed by atoms with van der Waals surface area (Å²) < 4.78 is 9.14. The van der Waals surface area contributed by atoms with E-state index in [-0.39, 0.29) is 0 Å². The highest BCUT2D eigenvalue weighted by Crippen LogP contribution is 2.31. The van der Waals surface area contributed by atoms with Crippen LogP contribution < -0.4 is 0 Å². The van der Waals surface area contributed by atoms with Crippen LogP contribution in [0.15, 0.2) is 0 Å². The van der Waals surface area contributed by atoms with Crippen molar-refractivity contribution >= 4 is 0 Å². The third-order valence-electron chi connectivity index (χ3n) is 22.4. The molecule has 0 spiro atoms. The van der Waals surface area contributed by atoms with Crippen LogP contribution in [0.25, 0.3) is 0 Å². The molecule has 14 heteroatoms. The first-order valence-corrected chi connectivity index (χ1v) is 35.0. The van der Waals surface area contributed by atoms with Crippen molar-refractivity contribution in [3.8, 4) is 0 Å². The molecule has 0 radical (unpaired) electrons. The van der Waals surface area contributed by atoms with Crippen LogP contribution in [0.4, 0.5) is 0 Å². The van der Waals surface area contributed by atoms with Crippen LogP contribution >= 0.6 is 0 Å². The first kappa shape index (κ1) is 78.5. The average molecular weight is 1160 g/mol. The van der Waals surface area contributed by atoms with E-state index in [0.717, 1.165) is 18.0 Å². The second kappa shape index (κ2) is 35.4. The maximum atomic E-state index is 2.61. The van der Waals surface area contributed by atoms with E-state index in [1.807, 2.05) is 0 Å². The zero-order valence-electron chi connectivity index (χ0n) is 61.0. The van der Waals surface area contributed by atoms with Gasteiger partial charge >= 0.3 is 0 Å². The molecule has 0 amide bonds. The van der Waals surface area contributed by atoms with Crippen LogP contribution in [0, 0.1) is 5.92 Å². The van der Waals surface area contributed by atoms with Gasteiger partial charge in [0.2, 0.25) is 0 Å². The SMILES string of the molecule is CCC(C)(C)N1C[N+](CC)(CC)C1.CCC(C)N1C[N+](CC)(CC)C1.CCCN1C[N+](CC)(CC)C1.CCN1C[N+](CC)(CC)C1.CC[N+]1(CC)CN(C(C)(C)C)C1.CC[N+]1(CC)CN(C(C)C)C1.CC[N+]1(CC)CN(CC(C)C)C1. The average Bonchev–Trinajstić information content (AvgIpc) is 3.36. The number of quaternary nitrogens is 7. The normalized spacial score (nSPS) is 23.6. The summed E-state index contributed by atoms with van der Waals surface area (Å²) in [6.07, 6.45) is 3.83. The van der Waals surface area contributed by atoms with Crippen LogP contribution in [0.2, 0.25) is 0 Å². The minimum absolute atomic E-state index is 0.367. The first-order valence-electron chi connectivity index (χ1n) is 35.0. The Morgan fingerprint density at radius 3 is 0.877 bits per heavy atom. The third-order valence-corrected chi connectivity index (χ3v) is 22.4. The van der Waals surface area contributed by atoms with E-state index < -0.39 is 0 Å². The van der Waals surface area contributed by atoms with Gasteiger partial charge in [0.1, 0.15) is 93.4 Å². The van der Waals surface area contributed by atoms with E-state index in [0.29, 0.717) is 11.1 Å². The molecular weight excluding hydrogens is 1000 g/mol. The zero-order chi connectivity index (χ0) is 62.3. The quantitative estimate of drug-likeness (QED) is 0.0887. The van der Waals surface area contributed by atoms with E-state index in [2.05, 4.69) is 228 Å². The predicted octanol–water partition coefficient (Wildman–Crippen LogP) is 11.8. The van der Waals surface area contributed by atoms with Crippen molar-refractivity contribution < 1.29 is 31.4 Å². The lowest BCUT2D eigenvalue weighted by atomic mass is 9.98. The Bertz CT molecular complexity index is 1560. The highest BCUT2D eigenvalue weighted by Gasteiger charge is 2.47. The monoisotopic (exact) mass is 1160 g/mol. The molecule has 7 heterocycles. The predicted molar refractivity (Wildman–Crippen MR) is 355 cm³/mol. The fraction of sp³-hybridized carbons (Fsp3) is 1.00. The van der Waals surface area contributed by atoms with E-state index in [9.17, 15) is 0 Å². The van der Waals surface area contributed by atoms with Crippen LogP contribution in [-0.4, -0.2) is 293 Å². The van der Waals surface area contributed by atoms with Gasteiger partial charge in [-0.25, -0.2) is 34.3 Å². The van der Waals surface area contributed by atoms with Gasteiger partial charge in [0.15, 0.2) is 0 Å². The molecule has 0 aromatic rings. The Morgan fingerprint density at radius 2 is 0.617 bits per heavy atom. The van der Waals surface area contributed by atoms with Crippen molar-refractivity contribution in [2.45, 2.75) is 236 Å². The van der Waals surface area contributed by atoms with E-state index in [1.165, 1.54) is 255 Å². The van der Waals surface area contributed by atoms with Gasteiger partial charge in [0.25, 0.3) is 0 Å². The summed E-state index contributed by atoms with van der Waals surface area (Å²) in [6.45, 7) is 104. The summed E-state index contributed by atoms with van der Waals surface area (Å²) in [7, 11) is 0. The largest absolute Gasteiger partial charge is 0.299 e. The number of rotatable bonds is 24. The fourth-order valence-electron chi connectivity index (χ4n) is 12.8. The van der Waals surface area contributed by atoms with E-state index >= 15 is 0 Å². The highest BCUT2D eigenvalue weighted by atomic mass is 15.6. The van der Waals surface area contributed by atoms with Crippen LogP contribution in [-0.2, 0) is 0 Å². The van der Waals surface area contributed by atoms with Gasteiger partial charge in [-0.3, -0.25) is 31.4 Å². The molecule has 486 valence electrons. The summed E-state index contributed by atoms with van der Waals surface area (Å²) in [5.74, 6) is 0.820. The molecule has 1 atom stereocenters. The van der Waals surface area contributed by atoms with Gasteiger partial charge in [0, 0.05) is 42.8 Å². The molecule has 7 fully saturated rings. The molecule has 7 aliphatic rings. The minimum Gasteiger partial charge on any atom is -0.299 e. The number of nitrogens with zero attached hydrogens (tertiary/aromatic N) is 14. The lowest BCUT2D eigenvalue weighted by molar-refractivity contribution is -0.995. The Hall–Kier alpha value is -0.560. The molecule has 0 aliphatic carbocycles. The van der Waals surface area contributed by atoms with Gasteiger partial charge in [-0.05, 0) is 178 Å². The van der Waals surface area contributed by atoms with Gasteiger partial charge in [0.05, 0.1) is 91.6 Å². The summed E-state index contributed by atoms with van der Waals surface area (Å²) in [6, 6.07) is 1.52. The molecule has 81 heavy (non-hydrogen) atoms. The molecule has 7 aliphatic heterocycles. The second-order valence-electron chi connectivity index (χ2n) is 29.4. The Morgan fingerprint density at radius 1 is 0.333 bits per heavy atom. The standard InChI is InChI=1S/C11H25N2.3C10H23N2.2C9H21N2.C8H19N2/c1-6-11(4,5)12-9-13(7-2,8-3)10-12;1-6-12(7-2)8-11(9-12)10(3,4)5;1-5-12(6-2)8-11(9-12)7-10(3)4;1-5-10(4)11-8-12(6-2,7-3)9-11;1-5-11(6-2)7-10(8-11)9(3)4;1-4-7-10-8-11(5-2,6-3)9-10;1-4-9-7-10(5-2,6-3)8-9/h6-10H2,1-5H3;6-9H2,1-5H3;2*10H,5-9H2,1-4H3;9H,5-8H2,1-4H3;4-9H2,1-3H3;4-8H2,1-3H3/q7*+1. The van der Waals surface area contributed by atoms with Crippen molar-refractivity contribution in [1.29, 1.82) is 0 Å². The topological polar surface area (TPSA) is 22.7 Å². The lowest BCUT2D eigenvalue weighted by Gasteiger charge is -2.56. The molecule has 7 rings (SSSR count). The molecule has 0 aromatic heterocycles. The van der Waals surface area contributed by atoms with Crippen molar-refractivity contribution in [3.63, 3.8) is 0 Å². The molecule has 0 aromatic carbocycles. The van der Waals surface area contributed by atoms with Gasteiger partial charge in [-0.2, -0.15) is 0 Å². The Labute approximate surface area is 510 Å². The fourth-order valence-corrected chi connectivity index (χ4v) is 12.8. The number of hydrogen-bond acceptors (Lipinski definition) is 7. The Balaban J connectivity index is 0.000000473.